The van der Waals surface area contributed by atoms with Gasteiger partial charge in [0.05, 0.1) is 6.61 Å². The molecule has 0 saturated heterocycles. The predicted octanol–water partition coefficient (Wildman–Crippen LogP) is 3.31. The highest BCUT2D eigenvalue weighted by Gasteiger charge is 2.36. The van der Waals surface area contributed by atoms with Crippen LogP contribution in [0, 0.1) is 5.92 Å². The number of thioether (sulfide) groups is 1. The first-order valence-electron chi connectivity index (χ1n) is 8.04. The van der Waals surface area contributed by atoms with Crippen LogP contribution in [0.4, 0.5) is 0 Å². The number of carbonyl (C=O) groups is 2. The fourth-order valence-electron chi connectivity index (χ4n) is 2.69. The van der Waals surface area contributed by atoms with Crippen molar-refractivity contribution in [1.29, 1.82) is 0 Å². The molecule has 0 aromatic rings. The number of allylic oxidation sites excluding steroid dienone is 2. The molecule has 1 unspecified atom stereocenters. The summed E-state index contributed by atoms with van der Waals surface area (Å²) >= 11 is 1.80. The average Bonchev–Trinajstić information content (AvgIpc) is 2.45. The van der Waals surface area contributed by atoms with Gasteiger partial charge in [0.2, 0.25) is 5.91 Å². The predicted molar refractivity (Wildman–Crippen MR) is 91.9 cm³/mol. The molecule has 0 spiro atoms. The zero-order chi connectivity index (χ0) is 16.8. The molecule has 0 bridgehead atoms. The van der Waals surface area contributed by atoms with Crippen molar-refractivity contribution in [2.24, 2.45) is 5.92 Å². The van der Waals surface area contributed by atoms with Crippen molar-refractivity contribution in [2.75, 3.05) is 12.4 Å². The number of hydrogen-bond acceptors (Lipinski definition) is 4. The molecule has 5 heteroatoms. The Balaban J connectivity index is 2.75. The van der Waals surface area contributed by atoms with Crippen molar-refractivity contribution in [2.45, 2.75) is 64.7 Å². The van der Waals surface area contributed by atoms with Gasteiger partial charge in [0, 0.05) is 17.4 Å². The Morgan fingerprint density at radius 3 is 2.59 bits per heavy atom. The number of carbonyl (C=O) groups excluding carboxylic acids is 2. The first-order valence-corrected chi connectivity index (χ1v) is 9.02. The van der Waals surface area contributed by atoms with Gasteiger partial charge in [-0.1, -0.05) is 25.5 Å². The molecule has 2 atom stereocenters. The van der Waals surface area contributed by atoms with Gasteiger partial charge in [0.15, 0.2) is 0 Å². The summed E-state index contributed by atoms with van der Waals surface area (Å²) in [5.41, 5.74) is 1.45. The maximum atomic E-state index is 12.0. The Morgan fingerprint density at radius 2 is 2.14 bits per heavy atom. The van der Waals surface area contributed by atoms with E-state index in [2.05, 4.69) is 32.2 Å². The van der Waals surface area contributed by atoms with Crippen LogP contribution in [-0.2, 0) is 14.3 Å². The van der Waals surface area contributed by atoms with E-state index in [0.29, 0.717) is 18.3 Å². The van der Waals surface area contributed by atoms with Crippen LogP contribution in [-0.4, -0.2) is 35.0 Å². The molecule has 1 aliphatic rings. The average molecular weight is 327 g/mol. The van der Waals surface area contributed by atoms with Crippen molar-refractivity contribution in [3.05, 3.63) is 11.6 Å². The number of amides is 1. The van der Waals surface area contributed by atoms with Crippen molar-refractivity contribution in [3.8, 4) is 0 Å². The molecular weight excluding hydrogens is 298 g/mol. The van der Waals surface area contributed by atoms with Crippen LogP contribution in [0.15, 0.2) is 11.6 Å². The highest BCUT2D eigenvalue weighted by Crippen LogP contribution is 2.44. The second-order valence-electron chi connectivity index (χ2n) is 6.29. The summed E-state index contributed by atoms with van der Waals surface area (Å²) in [7, 11) is 0. The molecule has 1 aliphatic carbocycles. The number of esters is 1. The van der Waals surface area contributed by atoms with Crippen LogP contribution in [0.5, 0.6) is 0 Å². The maximum Gasteiger partial charge on any atom is 0.329 e. The Hall–Kier alpha value is -0.970. The molecule has 0 aromatic carbocycles. The van der Waals surface area contributed by atoms with Crippen LogP contribution in [0.3, 0.4) is 0 Å². The van der Waals surface area contributed by atoms with Crippen LogP contribution in [0.1, 0.15) is 53.9 Å². The van der Waals surface area contributed by atoms with Crippen molar-refractivity contribution in [3.63, 3.8) is 0 Å². The standard InChI is InChI=1S/C17H29NO3S/c1-6-21-16(20)15(18-14(5)19)11-22-17(12(2)3)9-7-13(4)8-10-17/h7,12,15H,6,8-11H2,1-5H3,(H,18,19)/t15-,17?/m0/s1. The van der Waals surface area contributed by atoms with Crippen LogP contribution < -0.4 is 5.32 Å². The monoisotopic (exact) mass is 327 g/mol. The Labute approximate surface area is 138 Å². The molecule has 0 radical (unpaired) electrons. The van der Waals surface area contributed by atoms with Gasteiger partial charge >= 0.3 is 5.97 Å². The largest absolute Gasteiger partial charge is 0.464 e. The molecule has 0 fully saturated rings. The quantitative estimate of drug-likeness (QED) is 0.576. The van der Waals surface area contributed by atoms with E-state index in [0.717, 1.165) is 19.3 Å². The third kappa shape index (κ3) is 5.34. The Bertz CT molecular complexity index is 434. The van der Waals surface area contributed by atoms with E-state index in [4.69, 9.17) is 4.74 Å². The molecule has 0 aliphatic heterocycles. The van der Waals surface area contributed by atoms with Gasteiger partial charge < -0.3 is 10.1 Å². The smallest absolute Gasteiger partial charge is 0.329 e. The van der Waals surface area contributed by atoms with E-state index >= 15 is 0 Å². The normalized spacial score (nSPS) is 22.9. The lowest BCUT2D eigenvalue weighted by Gasteiger charge is -2.40. The first-order chi connectivity index (χ1) is 10.3. The summed E-state index contributed by atoms with van der Waals surface area (Å²) in [6.45, 7) is 10.2. The van der Waals surface area contributed by atoms with E-state index in [9.17, 15) is 9.59 Å². The van der Waals surface area contributed by atoms with E-state index in [1.807, 2.05) is 0 Å². The van der Waals surface area contributed by atoms with Crippen LogP contribution in [0.25, 0.3) is 0 Å². The molecule has 0 saturated carbocycles. The van der Waals surface area contributed by atoms with Gasteiger partial charge in [-0.15, -0.1) is 0 Å². The molecule has 4 nitrogen and oxygen atoms in total. The molecule has 22 heavy (non-hydrogen) atoms. The third-order valence-corrected chi connectivity index (χ3v) is 6.19. The molecule has 1 rings (SSSR count). The number of rotatable bonds is 7. The lowest BCUT2D eigenvalue weighted by atomic mass is 9.82. The maximum absolute atomic E-state index is 12.0. The van der Waals surface area contributed by atoms with Gasteiger partial charge in [-0.2, -0.15) is 11.8 Å². The third-order valence-electron chi connectivity index (χ3n) is 4.28. The summed E-state index contributed by atoms with van der Waals surface area (Å²) in [4.78, 5) is 23.3. The minimum absolute atomic E-state index is 0.142. The van der Waals surface area contributed by atoms with Crippen molar-refractivity contribution in [1.82, 2.24) is 5.32 Å². The second-order valence-corrected chi connectivity index (χ2v) is 7.73. The highest BCUT2D eigenvalue weighted by molar-refractivity contribution is 8.00. The molecule has 0 aromatic heterocycles. The lowest BCUT2D eigenvalue weighted by molar-refractivity contribution is -0.146. The minimum atomic E-state index is -0.565. The molecule has 0 heterocycles. The molecule has 1 amide bonds. The molecule has 126 valence electrons. The Kier molecular flexibility index (Phi) is 7.46. The summed E-state index contributed by atoms with van der Waals surface area (Å²) in [5.74, 6) is 0.536. The zero-order valence-electron chi connectivity index (χ0n) is 14.4. The van der Waals surface area contributed by atoms with Gasteiger partial charge in [0.1, 0.15) is 6.04 Å². The van der Waals surface area contributed by atoms with E-state index in [1.54, 1.807) is 18.7 Å². The summed E-state index contributed by atoms with van der Waals surface area (Å²) in [6, 6.07) is -0.565. The summed E-state index contributed by atoms with van der Waals surface area (Å²) < 4.78 is 5.22. The zero-order valence-corrected chi connectivity index (χ0v) is 15.2. The number of ether oxygens (including phenoxy) is 1. The van der Waals surface area contributed by atoms with Crippen LogP contribution >= 0.6 is 11.8 Å². The van der Waals surface area contributed by atoms with Gasteiger partial charge in [-0.3, -0.25) is 4.79 Å². The summed E-state index contributed by atoms with van der Waals surface area (Å²) in [5, 5.41) is 2.72. The van der Waals surface area contributed by atoms with Crippen LogP contribution in [0.2, 0.25) is 0 Å². The molecule has 1 N–H and O–H groups in total. The van der Waals surface area contributed by atoms with Crippen molar-refractivity contribution >= 4 is 23.6 Å². The van der Waals surface area contributed by atoms with Crippen molar-refractivity contribution < 1.29 is 14.3 Å². The fraction of sp³-hybridized carbons (Fsp3) is 0.765. The number of hydrogen-bond donors (Lipinski definition) is 1. The topological polar surface area (TPSA) is 55.4 Å². The van der Waals surface area contributed by atoms with Gasteiger partial charge in [-0.25, -0.2) is 4.79 Å². The first kappa shape index (κ1) is 19.1. The van der Waals surface area contributed by atoms with E-state index in [1.165, 1.54) is 12.5 Å². The number of nitrogens with one attached hydrogen (secondary N) is 1. The lowest BCUT2D eigenvalue weighted by Crippen LogP contribution is -2.44. The minimum Gasteiger partial charge on any atom is -0.464 e. The molecular formula is C17H29NO3S. The van der Waals surface area contributed by atoms with Gasteiger partial charge in [-0.05, 0) is 39.0 Å². The van der Waals surface area contributed by atoms with E-state index < -0.39 is 6.04 Å². The van der Waals surface area contributed by atoms with E-state index in [-0.39, 0.29) is 16.6 Å². The Morgan fingerprint density at radius 1 is 1.45 bits per heavy atom. The second kappa shape index (κ2) is 8.61. The van der Waals surface area contributed by atoms with Gasteiger partial charge in [0.25, 0.3) is 0 Å². The highest BCUT2D eigenvalue weighted by atomic mass is 32.2. The summed E-state index contributed by atoms with van der Waals surface area (Å²) in [6.07, 6.45) is 5.56. The fourth-order valence-corrected chi connectivity index (χ4v) is 4.19. The SMILES string of the molecule is CCOC(=O)[C@H](CSC1(C(C)C)CC=C(C)CC1)NC(C)=O.